The highest BCUT2D eigenvalue weighted by molar-refractivity contribution is 5.60. The molecule has 0 spiro atoms. The molecule has 0 aromatic carbocycles. The van der Waals surface area contributed by atoms with Crippen LogP contribution in [0, 0.1) is 0 Å². The Labute approximate surface area is 80.8 Å². The standard InChI is InChI=1S/C8H18O.C2H4O2/c1-2-3-4-5-6-7-8-9;1-2(3)4/h9H,2-8H2,1H3;1H3,(H,3,4)/p-1. The molecule has 0 aromatic rings. The average molecular weight is 189 g/mol. The van der Waals surface area contributed by atoms with Gasteiger partial charge in [-0.2, -0.15) is 0 Å². The molecular weight excluding hydrogens is 168 g/mol. The number of carbonyl (C=O) groups excluding carboxylic acids is 1. The lowest BCUT2D eigenvalue weighted by molar-refractivity contribution is -0.302. The molecule has 80 valence electrons. The van der Waals surface area contributed by atoms with Gasteiger partial charge < -0.3 is 15.0 Å². The second kappa shape index (κ2) is 14.0. The van der Waals surface area contributed by atoms with Crippen LogP contribution in [0.15, 0.2) is 0 Å². The molecule has 0 unspecified atom stereocenters. The molecule has 0 rings (SSSR count). The molecule has 1 N–H and O–H groups in total. The molecule has 0 saturated carbocycles. The summed E-state index contributed by atoms with van der Waals surface area (Å²) in [5, 5.41) is 17.3. The van der Waals surface area contributed by atoms with E-state index in [0.29, 0.717) is 6.61 Å². The van der Waals surface area contributed by atoms with Crippen LogP contribution < -0.4 is 5.11 Å². The zero-order valence-electron chi connectivity index (χ0n) is 8.71. The fourth-order valence-electron chi connectivity index (χ4n) is 0.892. The highest BCUT2D eigenvalue weighted by Gasteiger charge is 1.86. The van der Waals surface area contributed by atoms with Crippen molar-refractivity contribution in [2.24, 2.45) is 0 Å². The van der Waals surface area contributed by atoms with Crippen LogP contribution >= 0.6 is 0 Å². The summed E-state index contributed by atoms with van der Waals surface area (Å²) in [6.45, 7) is 3.55. The van der Waals surface area contributed by atoms with Crippen molar-refractivity contribution in [3.63, 3.8) is 0 Å². The van der Waals surface area contributed by atoms with Gasteiger partial charge in [-0.15, -0.1) is 0 Å². The molecule has 0 atom stereocenters. The minimum absolute atomic E-state index is 0.367. The molecule has 3 heteroatoms. The zero-order chi connectivity index (χ0) is 10.5. The number of carbonyl (C=O) groups is 1. The smallest absolute Gasteiger partial charge is 0.0431 e. The minimum Gasteiger partial charge on any atom is -0.550 e. The highest BCUT2D eigenvalue weighted by Crippen LogP contribution is 2.03. The molecule has 0 radical (unpaired) electrons. The van der Waals surface area contributed by atoms with Crippen molar-refractivity contribution in [3.8, 4) is 0 Å². The summed E-state index contributed by atoms with van der Waals surface area (Å²) in [5.41, 5.74) is 0. The summed E-state index contributed by atoms with van der Waals surface area (Å²) in [7, 11) is 0. The molecule has 0 aromatic heterocycles. The third-order valence-corrected chi connectivity index (χ3v) is 1.51. The molecule has 0 heterocycles. The van der Waals surface area contributed by atoms with Crippen molar-refractivity contribution in [3.05, 3.63) is 0 Å². The van der Waals surface area contributed by atoms with E-state index in [0.717, 1.165) is 13.3 Å². The lowest BCUT2D eigenvalue weighted by atomic mass is 10.1. The molecule has 3 nitrogen and oxygen atoms in total. The number of carboxylic acids is 1. The summed E-state index contributed by atoms with van der Waals surface area (Å²) in [6.07, 6.45) is 7.50. The van der Waals surface area contributed by atoms with E-state index in [-0.39, 0.29) is 0 Å². The molecule has 0 fully saturated rings. The van der Waals surface area contributed by atoms with E-state index in [1.807, 2.05) is 0 Å². The number of rotatable bonds is 6. The van der Waals surface area contributed by atoms with Gasteiger partial charge in [0, 0.05) is 12.6 Å². The summed E-state index contributed by atoms with van der Waals surface area (Å²) >= 11 is 0. The largest absolute Gasteiger partial charge is 0.550 e. The van der Waals surface area contributed by atoms with E-state index in [1.54, 1.807) is 0 Å². The first-order valence-electron chi connectivity index (χ1n) is 4.93. The molecule has 0 bridgehead atoms. The third-order valence-electron chi connectivity index (χ3n) is 1.51. The van der Waals surface area contributed by atoms with Gasteiger partial charge in [0.1, 0.15) is 0 Å². The zero-order valence-corrected chi connectivity index (χ0v) is 8.71. The van der Waals surface area contributed by atoms with Gasteiger partial charge in [-0.25, -0.2) is 0 Å². The Balaban J connectivity index is 0. The van der Waals surface area contributed by atoms with Crippen LogP contribution in [0.1, 0.15) is 52.4 Å². The van der Waals surface area contributed by atoms with Gasteiger partial charge in [0.15, 0.2) is 0 Å². The highest BCUT2D eigenvalue weighted by atomic mass is 16.4. The molecular formula is C10H21O3-. The summed E-state index contributed by atoms with van der Waals surface area (Å²) in [6, 6.07) is 0. The van der Waals surface area contributed by atoms with E-state index < -0.39 is 5.97 Å². The van der Waals surface area contributed by atoms with Crippen molar-refractivity contribution >= 4 is 5.97 Å². The summed E-state index contributed by atoms with van der Waals surface area (Å²) in [5.74, 6) is -1.08. The number of carboxylic acid groups (broad SMARTS) is 1. The van der Waals surface area contributed by atoms with E-state index in [1.165, 1.54) is 32.1 Å². The van der Waals surface area contributed by atoms with Gasteiger partial charge in [-0.3, -0.25) is 0 Å². The van der Waals surface area contributed by atoms with E-state index in [2.05, 4.69) is 6.92 Å². The predicted octanol–water partition coefficient (Wildman–Crippen LogP) is 1.10. The molecule has 0 aliphatic carbocycles. The molecule has 0 amide bonds. The van der Waals surface area contributed by atoms with Crippen molar-refractivity contribution < 1.29 is 15.0 Å². The topological polar surface area (TPSA) is 60.4 Å². The second-order valence-electron chi connectivity index (χ2n) is 2.98. The van der Waals surface area contributed by atoms with Crippen LogP contribution in [0.25, 0.3) is 0 Å². The van der Waals surface area contributed by atoms with Crippen molar-refractivity contribution in [2.45, 2.75) is 52.4 Å². The van der Waals surface area contributed by atoms with Gasteiger partial charge >= 0.3 is 0 Å². The molecule has 0 aliphatic heterocycles. The van der Waals surface area contributed by atoms with Crippen molar-refractivity contribution in [1.82, 2.24) is 0 Å². The first kappa shape index (κ1) is 14.9. The van der Waals surface area contributed by atoms with Crippen LogP contribution in [0.2, 0.25) is 0 Å². The summed E-state index contributed by atoms with van der Waals surface area (Å²) in [4.78, 5) is 8.89. The van der Waals surface area contributed by atoms with E-state index >= 15 is 0 Å². The second-order valence-corrected chi connectivity index (χ2v) is 2.98. The van der Waals surface area contributed by atoms with Crippen molar-refractivity contribution in [2.75, 3.05) is 6.61 Å². The van der Waals surface area contributed by atoms with E-state index in [4.69, 9.17) is 15.0 Å². The van der Waals surface area contributed by atoms with Crippen molar-refractivity contribution in [1.29, 1.82) is 0 Å². The first-order valence-corrected chi connectivity index (χ1v) is 4.93. The predicted molar refractivity (Wildman–Crippen MR) is 51.1 cm³/mol. The lowest BCUT2D eigenvalue weighted by Crippen LogP contribution is -2.16. The molecule has 0 saturated heterocycles. The Kier molecular flexibility index (Phi) is 16.1. The Morgan fingerprint density at radius 2 is 1.54 bits per heavy atom. The maximum atomic E-state index is 8.89. The molecule has 0 aliphatic rings. The maximum absolute atomic E-state index is 8.89. The van der Waals surface area contributed by atoms with E-state index in [9.17, 15) is 0 Å². The van der Waals surface area contributed by atoms with Gasteiger partial charge in [-0.05, 0) is 13.3 Å². The Morgan fingerprint density at radius 3 is 1.92 bits per heavy atom. The Hall–Kier alpha value is -0.570. The molecule has 13 heavy (non-hydrogen) atoms. The SMILES string of the molecule is CC(=O)[O-].CCCCCCCCO. The number of aliphatic hydroxyl groups is 1. The quantitative estimate of drug-likeness (QED) is 0.636. The van der Waals surface area contributed by atoms with Gasteiger partial charge in [-0.1, -0.05) is 39.0 Å². The third kappa shape index (κ3) is 34.5. The van der Waals surface area contributed by atoms with Gasteiger partial charge in [0.25, 0.3) is 0 Å². The maximum Gasteiger partial charge on any atom is 0.0431 e. The number of aliphatic carboxylic acids is 1. The fourth-order valence-corrected chi connectivity index (χ4v) is 0.892. The normalized spacial score (nSPS) is 8.85. The monoisotopic (exact) mass is 189 g/mol. The number of aliphatic hydroxyl groups excluding tert-OH is 1. The lowest BCUT2D eigenvalue weighted by Gasteiger charge is -1.95. The van der Waals surface area contributed by atoms with Crippen LogP contribution in [-0.2, 0) is 4.79 Å². The number of unbranched alkanes of at least 4 members (excludes halogenated alkanes) is 5. The van der Waals surface area contributed by atoms with Gasteiger partial charge in [0.05, 0.1) is 0 Å². The Morgan fingerprint density at radius 1 is 1.15 bits per heavy atom. The van der Waals surface area contributed by atoms with Gasteiger partial charge in [0.2, 0.25) is 0 Å². The first-order chi connectivity index (χ1) is 6.15. The van der Waals surface area contributed by atoms with Crippen LogP contribution in [0.3, 0.4) is 0 Å². The number of hydrogen-bond donors (Lipinski definition) is 1. The van der Waals surface area contributed by atoms with Crippen LogP contribution in [-0.4, -0.2) is 17.7 Å². The fraction of sp³-hybridized carbons (Fsp3) is 0.900. The number of hydrogen-bond acceptors (Lipinski definition) is 3. The van der Waals surface area contributed by atoms with Crippen LogP contribution in [0.4, 0.5) is 0 Å². The summed E-state index contributed by atoms with van der Waals surface area (Å²) < 4.78 is 0. The minimum atomic E-state index is -1.08. The Bertz CT molecular complexity index is 92.3. The van der Waals surface area contributed by atoms with Crippen LogP contribution in [0.5, 0.6) is 0 Å². The average Bonchev–Trinajstić information content (AvgIpc) is 2.03.